The highest BCUT2D eigenvalue weighted by Gasteiger charge is 2.11. The van der Waals surface area contributed by atoms with E-state index >= 15 is 0 Å². The lowest BCUT2D eigenvalue weighted by Gasteiger charge is -2.24. The molecule has 0 saturated heterocycles. The van der Waals surface area contributed by atoms with E-state index in [1.807, 2.05) is 36.1 Å². The lowest BCUT2D eigenvalue weighted by atomic mass is 10.2. The van der Waals surface area contributed by atoms with Crippen molar-refractivity contribution in [3.8, 4) is 5.75 Å². The van der Waals surface area contributed by atoms with Crippen LogP contribution in [0.25, 0.3) is 0 Å². The highest BCUT2D eigenvalue weighted by molar-refractivity contribution is 5.68. The monoisotopic (exact) mass is 249 g/mol. The van der Waals surface area contributed by atoms with Crippen molar-refractivity contribution in [1.29, 1.82) is 0 Å². The molecule has 1 N–H and O–H groups in total. The summed E-state index contributed by atoms with van der Waals surface area (Å²) in [5.41, 5.74) is 0.903. The summed E-state index contributed by atoms with van der Waals surface area (Å²) in [4.78, 5) is 12.6. The molecule has 0 unspecified atom stereocenters. The van der Waals surface area contributed by atoms with Gasteiger partial charge in [-0.2, -0.15) is 0 Å². The van der Waals surface area contributed by atoms with Crippen LogP contribution in [0.4, 0.5) is 5.69 Å². The molecule has 0 saturated carbocycles. The maximum Gasteiger partial charge on any atom is 0.305 e. The summed E-state index contributed by atoms with van der Waals surface area (Å²) in [5, 5.41) is 8.77. The second-order valence-electron chi connectivity index (χ2n) is 3.78. The minimum absolute atomic E-state index is 0.0916. The summed E-state index contributed by atoms with van der Waals surface area (Å²) >= 11 is 0. The number of anilines is 1. The van der Waals surface area contributed by atoms with Gasteiger partial charge < -0.3 is 14.7 Å². The van der Waals surface area contributed by atoms with Gasteiger partial charge in [0.05, 0.1) is 18.7 Å². The number of nitrogens with zero attached hydrogens (tertiary/aromatic N) is 1. The lowest BCUT2D eigenvalue weighted by Crippen LogP contribution is -2.26. The van der Waals surface area contributed by atoms with Crippen molar-refractivity contribution >= 4 is 11.7 Å². The summed E-state index contributed by atoms with van der Waals surface area (Å²) in [6.45, 7) is 7.23. The molecule has 4 heteroatoms. The van der Waals surface area contributed by atoms with Crippen LogP contribution in [-0.4, -0.2) is 30.8 Å². The summed E-state index contributed by atoms with van der Waals surface area (Å²) < 4.78 is 5.55. The van der Waals surface area contributed by atoms with Crippen molar-refractivity contribution in [3.63, 3.8) is 0 Å². The highest BCUT2D eigenvalue weighted by Crippen LogP contribution is 2.28. The first kappa shape index (κ1) is 14.1. The third-order valence-electron chi connectivity index (χ3n) is 2.45. The Morgan fingerprint density at radius 3 is 2.83 bits per heavy atom. The number of benzene rings is 1. The molecular formula is C14H19NO3. The van der Waals surface area contributed by atoms with Gasteiger partial charge in [-0.25, -0.2) is 0 Å². The van der Waals surface area contributed by atoms with Crippen LogP contribution in [0.15, 0.2) is 36.9 Å². The lowest BCUT2D eigenvalue weighted by molar-refractivity contribution is -0.136. The van der Waals surface area contributed by atoms with Gasteiger partial charge in [0.15, 0.2) is 0 Å². The Balaban J connectivity index is 2.89. The Labute approximate surface area is 107 Å². The molecule has 1 aromatic carbocycles. The van der Waals surface area contributed by atoms with E-state index < -0.39 is 5.97 Å². The third kappa shape index (κ3) is 4.13. The fourth-order valence-electron chi connectivity index (χ4n) is 1.69. The largest absolute Gasteiger partial charge is 0.492 e. The van der Waals surface area contributed by atoms with Crippen LogP contribution in [0.5, 0.6) is 5.75 Å². The van der Waals surface area contributed by atoms with E-state index in [2.05, 4.69) is 6.58 Å². The summed E-state index contributed by atoms with van der Waals surface area (Å²) in [7, 11) is 0. The highest BCUT2D eigenvalue weighted by atomic mass is 16.5. The van der Waals surface area contributed by atoms with Gasteiger partial charge >= 0.3 is 5.97 Å². The fraction of sp³-hybridized carbons (Fsp3) is 0.357. The first-order valence-electron chi connectivity index (χ1n) is 5.98. The molecule has 0 aliphatic rings. The van der Waals surface area contributed by atoms with Crippen LogP contribution in [0.1, 0.15) is 13.3 Å². The van der Waals surface area contributed by atoms with Gasteiger partial charge in [-0.15, -0.1) is 6.58 Å². The van der Waals surface area contributed by atoms with E-state index in [4.69, 9.17) is 9.84 Å². The second-order valence-corrected chi connectivity index (χ2v) is 3.78. The SMILES string of the molecule is C=CCN(CCC(=O)O)c1ccccc1OCC. The molecule has 0 aliphatic carbocycles. The molecule has 0 fully saturated rings. The van der Waals surface area contributed by atoms with Gasteiger partial charge in [-0.1, -0.05) is 18.2 Å². The van der Waals surface area contributed by atoms with Crippen LogP contribution in [-0.2, 0) is 4.79 Å². The first-order chi connectivity index (χ1) is 8.69. The summed E-state index contributed by atoms with van der Waals surface area (Å²) in [6.07, 6.45) is 1.85. The number of carboxylic acids is 1. The van der Waals surface area contributed by atoms with Gasteiger partial charge in [0.2, 0.25) is 0 Å². The molecule has 98 valence electrons. The summed E-state index contributed by atoms with van der Waals surface area (Å²) in [6, 6.07) is 7.62. The predicted octanol–water partition coefficient (Wildman–Crippen LogP) is 2.55. The number of aliphatic carboxylic acids is 1. The van der Waals surface area contributed by atoms with E-state index in [-0.39, 0.29) is 6.42 Å². The van der Waals surface area contributed by atoms with E-state index in [1.165, 1.54) is 0 Å². The number of hydrogen-bond donors (Lipinski definition) is 1. The number of rotatable bonds is 8. The van der Waals surface area contributed by atoms with Crippen molar-refractivity contribution in [1.82, 2.24) is 0 Å². The van der Waals surface area contributed by atoms with Crippen molar-refractivity contribution in [2.45, 2.75) is 13.3 Å². The van der Waals surface area contributed by atoms with Gasteiger partial charge in [0.1, 0.15) is 5.75 Å². The quantitative estimate of drug-likeness (QED) is 0.719. The Kier molecular flexibility index (Phi) is 5.77. The maximum atomic E-state index is 10.7. The average molecular weight is 249 g/mol. The van der Waals surface area contributed by atoms with Crippen molar-refractivity contribution in [2.24, 2.45) is 0 Å². The molecule has 0 heterocycles. The molecule has 0 amide bonds. The van der Waals surface area contributed by atoms with E-state index in [0.717, 1.165) is 11.4 Å². The number of para-hydroxylation sites is 2. The van der Waals surface area contributed by atoms with Gasteiger partial charge in [0, 0.05) is 13.1 Å². The van der Waals surface area contributed by atoms with Gasteiger partial charge in [0.25, 0.3) is 0 Å². The van der Waals surface area contributed by atoms with Crippen molar-refractivity contribution in [3.05, 3.63) is 36.9 Å². The van der Waals surface area contributed by atoms with Gasteiger partial charge in [-0.05, 0) is 19.1 Å². The summed E-state index contributed by atoms with van der Waals surface area (Å²) in [5.74, 6) is -0.0369. The van der Waals surface area contributed by atoms with Crippen molar-refractivity contribution < 1.29 is 14.6 Å². The second kappa shape index (κ2) is 7.37. The molecule has 0 radical (unpaired) electrons. The predicted molar refractivity (Wildman–Crippen MR) is 72.3 cm³/mol. The zero-order valence-corrected chi connectivity index (χ0v) is 10.6. The van der Waals surface area contributed by atoms with Crippen LogP contribution in [0.3, 0.4) is 0 Å². The zero-order valence-electron chi connectivity index (χ0n) is 10.6. The minimum Gasteiger partial charge on any atom is -0.492 e. The van der Waals surface area contributed by atoms with Crippen molar-refractivity contribution in [2.75, 3.05) is 24.6 Å². The van der Waals surface area contributed by atoms with Crippen LogP contribution in [0.2, 0.25) is 0 Å². The average Bonchev–Trinajstić information content (AvgIpc) is 2.35. The minimum atomic E-state index is -0.807. The Bertz CT molecular complexity index is 404. The van der Waals surface area contributed by atoms with Crippen LogP contribution in [0, 0.1) is 0 Å². The molecule has 1 aromatic rings. The Hall–Kier alpha value is -1.97. The molecule has 18 heavy (non-hydrogen) atoms. The number of hydrogen-bond acceptors (Lipinski definition) is 3. The zero-order chi connectivity index (χ0) is 13.4. The molecule has 0 aromatic heterocycles. The van der Waals surface area contributed by atoms with Crippen LogP contribution < -0.4 is 9.64 Å². The third-order valence-corrected chi connectivity index (χ3v) is 2.45. The molecule has 0 bridgehead atoms. The van der Waals surface area contributed by atoms with E-state index in [1.54, 1.807) is 6.08 Å². The molecule has 0 atom stereocenters. The molecular weight excluding hydrogens is 230 g/mol. The smallest absolute Gasteiger partial charge is 0.305 e. The number of carboxylic acid groups (broad SMARTS) is 1. The number of carbonyl (C=O) groups is 1. The van der Waals surface area contributed by atoms with Gasteiger partial charge in [-0.3, -0.25) is 4.79 Å². The molecule has 1 rings (SSSR count). The van der Waals surface area contributed by atoms with E-state index in [9.17, 15) is 4.79 Å². The molecule has 0 aliphatic heterocycles. The molecule has 0 spiro atoms. The van der Waals surface area contributed by atoms with E-state index in [0.29, 0.717) is 19.7 Å². The number of ether oxygens (including phenoxy) is 1. The maximum absolute atomic E-state index is 10.7. The topological polar surface area (TPSA) is 49.8 Å². The molecule has 4 nitrogen and oxygen atoms in total. The Morgan fingerprint density at radius 1 is 1.50 bits per heavy atom. The van der Waals surface area contributed by atoms with Crippen LogP contribution >= 0.6 is 0 Å². The standard InChI is InChI=1S/C14H19NO3/c1-3-10-15(11-9-14(16)17)12-7-5-6-8-13(12)18-4-2/h3,5-8H,1,4,9-11H2,2H3,(H,16,17). The normalized spacial score (nSPS) is 9.83. The Morgan fingerprint density at radius 2 is 2.22 bits per heavy atom. The fourth-order valence-corrected chi connectivity index (χ4v) is 1.69. The first-order valence-corrected chi connectivity index (χ1v) is 5.98.